The van der Waals surface area contributed by atoms with Gasteiger partial charge in [0.05, 0.1) is 17.4 Å². The maximum atomic E-state index is 13.2. The Morgan fingerprint density at radius 2 is 2.16 bits per heavy atom. The molecule has 5 heteroatoms. The van der Waals surface area contributed by atoms with E-state index in [1.54, 1.807) is 24.5 Å². The predicted octanol–water partition coefficient (Wildman–Crippen LogP) is 2.84. The molecule has 0 unspecified atom stereocenters. The lowest BCUT2D eigenvalue weighted by Crippen LogP contribution is -1.99. The van der Waals surface area contributed by atoms with Gasteiger partial charge in [0, 0.05) is 18.3 Å². The van der Waals surface area contributed by atoms with E-state index >= 15 is 0 Å². The zero-order valence-corrected chi connectivity index (χ0v) is 10.5. The van der Waals surface area contributed by atoms with Gasteiger partial charge in [-0.1, -0.05) is 0 Å². The average molecular weight is 256 g/mol. The van der Waals surface area contributed by atoms with Gasteiger partial charge in [-0.2, -0.15) is 0 Å². The molecule has 0 aliphatic heterocycles. The summed E-state index contributed by atoms with van der Waals surface area (Å²) < 4.78 is 15.3. The van der Waals surface area contributed by atoms with Crippen molar-refractivity contribution in [1.82, 2.24) is 14.5 Å². The number of nitrogen functional groups attached to an aromatic ring is 1. The molecule has 3 aromatic rings. The minimum Gasteiger partial charge on any atom is -0.396 e. The summed E-state index contributed by atoms with van der Waals surface area (Å²) in [5.74, 6) is 0.363. The summed E-state index contributed by atoms with van der Waals surface area (Å²) >= 11 is 0. The van der Waals surface area contributed by atoms with Crippen LogP contribution in [0.5, 0.6) is 0 Å². The second-order valence-electron chi connectivity index (χ2n) is 4.28. The molecule has 2 N–H and O–H groups in total. The van der Waals surface area contributed by atoms with Gasteiger partial charge in [0.2, 0.25) is 0 Å². The molecule has 3 rings (SSSR count). The van der Waals surface area contributed by atoms with Crippen molar-refractivity contribution < 1.29 is 4.39 Å². The number of nitrogens with two attached hydrogens (primary N) is 1. The molecule has 96 valence electrons. The fraction of sp³-hybridized carbons (Fsp3) is 0.143. The number of benzene rings is 1. The van der Waals surface area contributed by atoms with E-state index in [1.165, 1.54) is 6.07 Å². The van der Waals surface area contributed by atoms with Crippen LogP contribution >= 0.6 is 0 Å². The van der Waals surface area contributed by atoms with Crippen LogP contribution in [-0.4, -0.2) is 14.5 Å². The van der Waals surface area contributed by atoms with Gasteiger partial charge in [-0.25, -0.2) is 9.37 Å². The summed E-state index contributed by atoms with van der Waals surface area (Å²) in [5, 5.41) is 0. The molecule has 0 saturated carbocycles. The van der Waals surface area contributed by atoms with Gasteiger partial charge in [-0.15, -0.1) is 0 Å². The summed E-state index contributed by atoms with van der Waals surface area (Å²) in [6.07, 6.45) is 3.46. The lowest BCUT2D eigenvalue weighted by atomic mass is 10.2. The van der Waals surface area contributed by atoms with E-state index in [0.29, 0.717) is 0 Å². The van der Waals surface area contributed by atoms with Gasteiger partial charge in [-0.3, -0.25) is 4.98 Å². The normalized spacial score (nSPS) is 11.1. The van der Waals surface area contributed by atoms with Crippen LogP contribution in [0.1, 0.15) is 6.92 Å². The maximum absolute atomic E-state index is 13.2. The van der Waals surface area contributed by atoms with Gasteiger partial charge in [0.15, 0.2) is 0 Å². The SMILES string of the molecule is CCn1c(-c2ccc(F)c(N)c2)nc2cnccc21. The van der Waals surface area contributed by atoms with Crippen LogP contribution in [0.25, 0.3) is 22.4 Å². The second-order valence-corrected chi connectivity index (χ2v) is 4.28. The van der Waals surface area contributed by atoms with Crippen LogP contribution in [0.15, 0.2) is 36.7 Å². The first-order valence-electron chi connectivity index (χ1n) is 6.06. The summed E-state index contributed by atoms with van der Waals surface area (Å²) in [5.41, 5.74) is 8.38. The Morgan fingerprint density at radius 1 is 1.32 bits per heavy atom. The third kappa shape index (κ3) is 1.83. The third-order valence-electron chi connectivity index (χ3n) is 3.12. The third-order valence-corrected chi connectivity index (χ3v) is 3.12. The van der Waals surface area contributed by atoms with Crippen LogP contribution in [0.3, 0.4) is 0 Å². The number of nitrogens with zero attached hydrogens (tertiary/aromatic N) is 3. The predicted molar refractivity (Wildman–Crippen MR) is 73.0 cm³/mol. The summed E-state index contributed by atoms with van der Waals surface area (Å²) in [7, 11) is 0. The number of anilines is 1. The van der Waals surface area contributed by atoms with E-state index in [2.05, 4.69) is 14.5 Å². The lowest BCUT2D eigenvalue weighted by molar-refractivity contribution is 0.632. The van der Waals surface area contributed by atoms with E-state index in [4.69, 9.17) is 5.73 Å². The monoisotopic (exact) mass is 256 g/mol. The van der Waals surface area contributed by atoms with Crippen molar-refractivity contribution in [3.05, 3.63) is 42.5 Å². The minimum atomic E-state index is -0.412. The van der Waals surface area contributed by atoms with Gasteiger partial charge in [0.25, 0.3) is 0 Å². The Hall–Kier alpha value is -2.43. The Balaban J connectivity index is 2.26. The molecule has 0 bridgehead atoms. The van der Waals surface area contributed by atoms with Crippen LogP contribution in [0.2, 0.25) is 0 Å². The number of rotatable bonds is 2. The zero-order valence-electron chi connectivity index (χ0n) is 10.5. The molecule has 2 aromatic heterocycles. The van der Waals surface area contributed by atoms with Crippen LogP contribution in [-0.2, 0) is 6.54 Å². The maximum Gasteiger partial charge on any atom is 0.146 e. The molecule has 0 saturated heterocycles. The number of hydrogen-bond acceptors (Lipinski definition) is 3. The molecule has 0 aliphatic carbocycles. The molecule has 19 heavy (non-hydrogen) atoms. The standard InChI is InChI=1S/C14H13FN4/c1-2-19-13-5-6-17-8-12(13)18-14(19)9-3-4-10(15)11(16)7-9/h3-8H,2,16H2,1H3. The molecule has 0 amide bonds. The quantitative estimate of drug-likeness (QED) is 0.717. The molecule has 0 aliphatic rings. The Labute approximate surface area is 109 Å². The summed E-state index contributed by atoms with van der Waals surface area (Å²) in [4.78, 5) is 8.61. The van der Waals surface area contributed by atoms with Gasteiger partial charge >= 0.3 is 0 Å². The van der Waals surface area contributed by atoms with Crippen molar-refractivity contribution in [1.29, 1.82) is 0 Å². The topological polar surface area (TPSA) is 56.7 Å². The molecule has 0 fully saturated rings. The second kappa shape index (κ2) is 4.35. The molecule has 0 spiro atoms. The number of imidazole rings is 1. The fourth-order valence-electron chi connectivity index (χ4n) is 2.21. The van der Waals surface area contributed by atoms with E-state index in [9.17, 15) is 4.39 Å². The van der Waals surface area contributed by atoms with Crippen LogP contribution in [0.4, 0.5) is 10.1 Å². The summed E-state index contributed by atoms with van der Waals surface area (Å²) in [6.45, 7) is 2.81. The van der Waals surface area contributed by atoms with E-state index in [0.717, 1.165) is 29.0 Å². The highest BCUT2D eigenvalue weighted by atomic mass is 19.1. The smallest absolute Gasteiger partial charge is 0.146 e. The molecule has 2 heterocycles. The van der Waals surface area contributed by atoms with Crippen molar-refractivity contribution in [2.24, 2.45) is 0 Å². The molecular weight excluding hydrogens is 243 g/mol. The number of fused-ring (bicyclic) bond motifs is 1. The van der Waals surface area contributed by atoms with Gasteiger partial charge in [0.1, 0.15) is 17.2 Å². The van der Waals surface area contributed by atoms with Crippen molar-refractivity contribution >= 4 is 16.7 Å². The fourth-order valence-corrected chi connectivity index (χ4v) is 2.21. The molecule has 1 aromatic carbocycles. The van der Waals surface area contributed by atoms with Gasteiger partial charge < -0.3 is 10.3 Å². The number of aromatic nitrogens is 3. The average Bonchev–Trinajstić information content (AvgIpc) is 2.80. The van der Waals surface area contributed by atoms with Crippen molar-refractivity contribution in [2.75, 3.05) is 5.73 Å². The minimum absolute atomic E-state index is 0.130. The largest absolute Gasteiger partial charge is 0.396 e. The number of aryl methyl sites for hydroxylation is 1. The summed E-state index contributed by atoms with van der Waals surface area (Å²) in [6, 6.07) is 6.58. The lowest BCUT2D eigenvalue weighted by Gasteiger charge is -2.07. The Morgan fingerprint density at radius 3 is 2.89 bits per heavy atom. The Bertz CT molecular complexity index is 748. The van der Waals surface area contributed by atoms with Crippen molar-refractivity contribution in [3.63, 3.8) is 0 Å². The van der Waals surface area contributed by atoms with E-state index in [-0.39, 0.29) is 5.69 Å². The highest BCUT2D eigenvalue weighted by molar-refractivity contribution is 5.80. The Kier molecular flexibility index (Phi) is 2.67. The van der Waals surface area contributed by atoms with Crippen LogP contribution < -0.4 is 5.73 Å². The number of pyridine rings is 1. The molecule has 4 nitrogen and oxygen atoms in total. The first-order valence-corrected chi connectivity index (χ1v) is 6.06. The number of halogens is 1. The first kappa shape index (κ1) is 11.6. The molecule has 0 atom stereocenters. The van der Waals surface area contributed by atoms with Crippen molar-refractivity contribution in [3.8, 4) is 11.4 Å². The molecular formula is C14H13FN4. The highest BCUT2D eigenvalue weighted by Crippen LogP contribution is 2.26. The van der Waals surface area contributed by atoms with E-state index in [1.807, 2.05) is 13.0 Å². The number of hydrogen-bond donors (Lipinski definition) is 1. The first-order chi connectivity index (χ1) is 9.20. The van der Waals surface area contributed by atoms with E-state index < -0.39 is 5.82 Å². The van der Waals surface area contributed by atoms with Crippen molar-refractivity contribution in [2.45, 2.75) is 13.5 Å². The zero-order chi connectivity index (χ0) is 13.4. The van der Waals surface area contributed by atoms with Crippen LogP contribution in [0, 0.1) is 5.82 Å². The highest BCUT2D eigenvalue weighted by Gasteiger charge is 2.12. The molecule has 0 radical (unpaired) electrons. The van der Waals surface area contributed by atoms with Gasteiger partial charge in [-0.05, 0) is 31.2 Å².